The molecule has 3 N–H and O–H groups in total. The van der Waals surface area contributed by atoms with E-state index in [2.05, 4.69) is 5.32 Å². The van der Waals surface area contributed by atoms with Crippen LogP contribution in [0.1, 0.15) is 12.8 Å². The number of hydrogen-bond acceptors (Lipinski definition) is 3. The number of nitrogens with two attached hydrogens (primary N) is 1. The van der Waals surface area contributed by atoms with Gasteiger partial charge >= 0.3 is 0 Å². The van der Waals surface area contributed by atoms with Crippen molar-refractivity contribution in [1.29, 1.82) is 0 Å². The summed E-state index contributed by atoms with van der Waals surface area (Å²) in [6.07, 6.45) is 1.99. The lowest BCUT2D eigenvalue weighted by Gasteiger charge is -2.06. The Hall–Kier alpha value is -0.610. The van der Waals surface area contributed by atoms with Gasteiger partial charge < -0.3 is 15.8 Å². The molecule has 2 saturated heterocycles. The van der Waals surface area contributed by atoms with Gasteiger partial charge in [0, 0.05) is 12.6 Å². The fraction of sp³-hybridized carbons (Fsp3) is 0.857. The van der Waals surface area contributed by atoms with E-state index in [0.717, 1.165) is 19.4 Å². The van der Waals surface area contributed by atoms with E-state index in [-0.39, 0.29) is 18.1 Å². The normalized spacial score (nSPS) is 42.4. The summed E-state index contributed by atoms with van der Waals surface area (Å²) in [4.78, 5) is 10.7. The van der Waals surface area contributed by atoms with Crippen LogP contribution >= 0.6 is 0 Å². The van der Waals surface area contributed by atoms with Crippen molar-refractivity contribution in [2.75, 3.05) is 6.61 Å². The van der Waals surface area contributed by atoms with Gasteiger partial charge in [0.15, 0.2) is 0 Å². The molecule has 3 atom stereocenters. The van der Waals surface area contributed by atoms with E-state index in [9.17, 15) is 4.79 Å². The zero-order chi connectivity index (χ0) is 7.84. The van der Waals surface area contributed by atoms with Gasteiger partial charge in [-0.2, -0.15) is 0 Å². The minimum atomic E-state index is -0.261. The molecule has 62 valence electrons. The van der Waals surface area contributed by atoms with Gasteiger partial charge in [-0.3, -0.25) is 4.79 Å². The summed E-state index contributed by atoms with van der Waals surface area (Å²) in [6, 6.07) is 0.206. The molecule has 2 fully saturated rings. The second-order valence-electron chi connectivity index (χ2n) is 3.16. The van der Waals surface area contributed by atoms with Crippen LogP contribution in [0.2, 0.25) is 0 Å². The van der Waals surface area contributed by atoms with Gasteiger partial charge in [-0.25, -0.2) is 0 Å². The fourth-order valence-electron chi connectivity index (χ4n) is 1.83. The van der Waals surface area contributed by atoms with E-state index in [4.69, 9.17) is 10.5 Å². The van der Waals surface area contributed by atoms with Crippen LogP contribution in [-0.4, -0.2) is 30.7 Å². The Balaban J connectivity index is 1.99. The summed E-state index contributed by atoms with van der Waals surface area (Å²) in [7, 11) is 0. The topological polar surface area (TPSA) is 64.4 Å². The average Bonchev–Trinajstić information content (AvgIpc) is 2.40. The minimum absolute atomic E-state index is 0.162. The first kappa shape index (κ1) is 7.06. The van der Waals surface area contributed by atoms with Gasteiger partial charge in [0.25, 0.3) is 0 Å². The molecule has 4 heteroatoms. The number of carbonyl (C=O) groups is 1. The summed E-state index contributed by atoms with van der Waals surface area (Å²) < 4.78 is 5.39. The molecular weight excluding hydrogens is 144 g/mol. The lowest BCUT2D eigenvalue weighted by atomic mass is 10.1. The minimum Gasteiger partial charge on any atom is -0.376 e. The zero-order valence-corrected chi connectivity index (χ0v) is 6.25. The van der Waals surface area contributed by atoms with Crippen LogP contribution in [0.5, 0.6) is 0 Å². The van der Waals surface area contributed by atoms with Crippen molar-refractivity contribution < 1.29 is 9.53 Å². The van der Waals surface area contributed by atoms with Crippen LogP contribution in [0.15, 0.2) is 0 Å². The third-order valence-electron chi connectivity index (χ3n) is 2.44. The number of rotatable bonds is 1. The van der Waals surface area contributed by atoms with E-state index < -0.39 is 0 Å². The standard InChI is InChI=1S/C7H12N2O2/c8-7(10)5-3-6-4(9-5)1-2-11-6/h4-6,9H,1-3H2,(H2,8,10). The van der Waals surface area contributed by atoms with Crippen molar-refractivity contribution in [2.24, 2.45) is 5.73 Å². The molecule has 0 saturated carbocycles. The number of ether oxygens (including phenoxy) is 1. The number of hydrogen-bond donors (Lipinski definition) is 2. The summed E-state index contributed by atoms with van der Waals surface area (Å²) >= 11 is 0. The van der Waals surface area contributed by atoms with E-state index in [1.165, 1.54) is 0 Å². The molecular formula is C7H12N2O2. The lowest BCUT2D eigenvalue weighted by molar-refractivity contribution is -0.119. The number of nitrogens with one attached hydrogen (secondary N) is 1. The molecule has 2 rings (SSSR count). The first-order valence-corrected chi connectivity index (χ1v) is 3.94. The van der Waals surface area contributed by atoms with E-state index in [1.807, 2.05) is 0 Å². The number of carbonyl (C=O) groups excluding carboxylic acids is 1. The van der Waals surface area contributed by atoms with Crippen molar-refractivity contribution in [3.63, 3.8) is 0 Å². The monoisotopic (exact) mass is 156 g/mol. The maximum Gasteiger partial charge on any atom is 0.234 e. The maximum absolute atomic E-state index is 10.7. The third-order valence-corrected chi connectivity index (χ3v) is 2.44. The smallest absolute Gasteiger partial charge is 0.234 e. The second-order valence-corrected chi connectivity index (χ2v) is 3.16. The van der Waals surface area contributed by atoms with Crippen molar-refractivity contribution in [2.45, 2.75) is 31.0 Å². The van der Waals surface area contributed by atoms with Gasteiger partial charge in [-0.15, -0.1) is 0 Å². The first-order chi connectivity index (χ1) is 5.27. The largest absolute Gasteiger partial charge is 0.376 e. The predicted molar refractivity (Wildman–Crippen MR) is 38.9 cm³/mol. The Bertz CT molecular complexity index is 171. The van der Waals surface area contributed by atoms with E-state index >= 15 is 0 Å². The quantitative estimate of drug-likeness (QED) is 0.511. The van der Waals surface area contributed by atoms with Crippen LogP contribution in [0, 0.1) is 0 Å². The molecule has 0 bridgehead atoms. The average molecular weight is 156 g/mol. The molecule has 4 nitrogen and oxygen atoms in total. The molecule has 0 aromatic rings. The Labute approximate surface area is 65.1 Å². The summed E-state index contributed by atoms with van der Waals surface area (Å²) in [6.45, 7) is 0.813. The molecule has 0 aromatic heterocycles. The highest BCUT2D eigenvalue weighted by molar-refractivity contribution is 5.80. The van der Waals surface area contributed by atoms with Crippen LogP contribution in [0.25, 0.3) is 0 Å². The van der Waals surface area contributed by atoms with Crippen LogP contribution in [0.3, 0.4) is 0 Å². The number of amides is 1. The highest BCUT2D eigenvalue weighted by Gasteiger charge is 2.39. The van der Waals surface area contributed by atoms with Crippen LogP contribution in [0.4, 0.5) is 0 Å². The molecule has 1 amide bonds. The SMILES string of the molecule is NC(=O)C1CC2OCCC2N1. The number of fused-ring (bicyclic) bond motifs is 1. The molecule has 0 aliphatic carbocycles. The molecule has 2 aliphatic heterocycles. The van der Waals surface area contributed by atoms with Gasteiger partial charge in [0.05, 0.1) is 12.1 Å². The van der Waals surface area contributed by atoms with Crippen molar-refractivity contribution >= 4 is 5.91 Å². The fourth-order valence-corrected chi connectivity index (χ4v) is 1.83. The molecule has 0 radical (unpaired) electrons. The van der Waals surface area contributed by atoms with Crippen LogP contribution < -0.4 is 11.1 Å². The summed E-state index contributed by atoms with van der Waals surface area (Å²) in [5.41, 5.74) is 5.14. The maximum atomic E-state index is 10.7. The molecule has 0 aromatic carbocycles. The number of primary amides is 1. The molecule has 3 unspecified atom stereocenters. The first-order valence-electron chi connectivity index (χ1n) is 3.94. The Morgan fingerprint density at radius 2 is 2.45 bits per heavy atom. The molecule has 11 heavy (non-hydrogen) atoms. The van der Waals surface area contributed by atoms with Gasteiger partial charge in [-0.05, 0) is 12.8 Å². The Kier molecular flexibility index (Phi) is 1.58. The van der Waals surface area contributed by atoms with Crippen molar-refractivity contribution in [3.8, 4) is 0 Å². The highest BCUT2D eigenvalue weighted by atomic mass is 16.5. The Morgan fingerprint density at radius 1 is 1.64 bits per heavy atom. The predicted octanol–water partition coefficient (Wildman–Crippen LogP) is -1.01. The second kappa shape index (κ2) is 2.46. The van der Waals surface area contributed by atoms with E-state index in [1.54, 1.807) is 0 Å². The molecule has 0 spiro atoms. The van der Waals surface area contributed by atoms with Gasteiger partial charge in [-0.1, -0.05) is 0 Å². The molecule has 2 heterocycles. The highest BCUT2D eigenvalue weighted by Crippen LogP contribution is 2.24. The van der Waals surface area contributed by atoms with E-state index in [0.29, 0.717) is 6.04 Å². The van der Waals surface area contributed by atoms with Gasteiger partial charge in [0.1, 0.15) is 0 Å². The summed E-state index contributed by atoms with van der Waals surface area (Å²) in [5.74, 6) is -0.261. The van der Waals surface area contributed by atoms with Crippen molar-refractivity contribution in [3.05, 3.63) is 0 Å². The van der Waals surface area contributed by atoms with Crippen LogP contribution in [-0.2, 0) is 9.53 Å². The third kappa shape index (κ3) is 1.12. The Morgan fingerprint density at radius 3 is 3.09 bits per heavy atom. The van der Waals surface area contributed by atoms with Gasteiger partial charge in [0.2, 0.25) is 5.91 Å². The zero-order valence-electron chi connectivity index (χ0n) is 6.25. The van der Waals surface area contributed by atoms with Crippen molar-refractivity contribution in [1.82, 2.24) is 5.32 Å². The lowest BCUT2D eigenvalue weighted by Crippen LogP contribution is -2.39. The summed E-state index contributed by atoms with van der Waals surface area (Å²) in [5, 5.41) is 3.15. The molecule has 2 aliphatic rings.